The summed E-state index contributed by atoms with van der Waals surface area (Å²) in [6, 6.07) is 42.3. The number of fused-ring (bicyclic) bond motifs is 6. The fraction of sp³-hybridized carbons (Fsp3) is 0.0833. The molecule has 258 valence electrons. The smallest absolute Gasteiger partial charge is 0.227 e. The van der Waals surface area contributed by atoms with E-state index in [2.05, 4.69) is 133 Å². The van der Waals surface area contributed by atoms with Crippen LogP contribution < -0.4 is 0 Å². The van der Waals surface area contributed by atoms with Gasteiger partial charge in [-0.05, 0) is 98.5 Å². The zero-order valence-corrected chi connectivity index (χ0v) is 30.3. The Labute approximate surface area is 311 Å². The Balaban J connectivity index is 1.08. The highest BCUT2D eigenvalue weighted by atomic mass is 16.3. The van der Waals surface area contributed by atoms with Gasteiger partial charge < -0.3 is 8.83 Å². The van der Waals surface area contributed by atoms with Crippen molar-refractivity contribution in [2.45, 2.75) is 27.7 Å². The van der Waals surface area contributed by atoms with Gasteiger partial charge in [0.15, 0.2) is 0 Å². The van der Waals surface area contributed by atoms with Crippen molar-refractivity contribution in [3.63, 3.8) is 0 Å². The fourth-order valence-electron chi connectivity index (χ4n) is 7.83. The number of aromatic nitrogens is 4. The van der Waals surface area contributed by atoms with Crippen LogP contribution >= 0.6 is 0 Å². The Kier molecular flexibility index (Phi) is 7.27. The van der Waals surface area contributed by atoms with Crippen molar-refractivity contribution in [2.75, 3.05) is 0 Å². The molecule has 0 unspecified atom stereocenters. The summed E-state index contributed by atoms with van der Waals surface area (Å²) in [7, 11) is 0. The first-order valence-electron chi connectivity index (χ1n) is 18.1. The van der Waals surface area contributed by atoms with Gasteiger partial charge in [0.1, 0.15) is 11.2 Å². The average Bonchev–Trinajstić information content (AvgIpc) is 3.74. The van der Waals surface area contributed by atoms with Crippen LogP contribution in [0.15, 0.2) is 143 Å². The molecular formula is C48H34N4O2. The van der Waals surface area contributed by atoms with Crippen LogP contribution in [0, 0.1) is 27.7 Å². The molecule has 0 radical (unpaired) electrons. The van der Waals surface area contributed by atoms with Crippen LogP contribution in [0.3, 0.4) is 0 Å². The maximum Gasteiger partial charge on any atom is 0.227 e. The molecule has 0 aliphatic rings. The van der Waals surface area contributed by atoms with Crippen molar-refractivity contribution < 1.29 is 8.83 Å². The van der Waals surface area contributed by atoms with Gasteiger partial charge in [-0.1, -0.05) is 83.9 Å². The van der Waals surface area contributed by atoms with Crippen LogP contribution in [0.4, 0.5) is 0 Å². The highest BCUT2D eigenvalue weighted by Crippen LogP contribution is 2.42. The van der Waals surface area contributed by atoms with Crippen LogP contribution in [0.1, 0.15) is 22.5 Å². The second-order valence-electron chi connectivity index (χ2n) is 14.1. The van der Waals surface area contributed by atoms with E-state index in [0.717, 1.165) is 100.0 Å². The number of hydrogen-bond donors (Lipinski definition) is 0. The van der Waals surface area contributed by atoms with Crippen molar-refractivity contribution in [3.8, 4) is 55.9 Å². The van der Waals surface area contributed by atoms with E-state index in [-0.39, 0.29) is 0 Å². The van der Waals surface area contributed by atoms with Crippen LogP contribution in [-0.2, 0) is 0 Å². The molecule has 0 saturated carbocycles. The molecule has 54 heavy (non-hydrogen) atoms. The molecule has 0 fully saturated rings. The minimum atomic E-state index is 0.644. The quantitative estimate of drug-likeness (QED) is 0.178. The van der Waals surface area contributed by atoms with Crippen LogP contribution in [0.2, 0.25) is 0 Å². The third-order valence-corrected chi connectivity index (χ3v) is 10.3. The van der Waals surface area contributed by atoms with Gasteiger partial charge in [0.05, 0.1) is 11.4 Å². The lowest BCUT2D eigenvalue weighted by Gasteiger charge is -2.17. The molecule has 6 nitrogen and oxygen atoms in total. The molecule has 0 N–H and O–H groups in total. The fourth-order valence-corrected chi connectivity index (χ4v) is 7.83. The molecule has 0 atom stereocenters. The lowest BCUT2D eigenvalue weighted by atomic mass is 9.87. The summed E-state index contributed by atoms with van der Waals surface area (Å²) in [6.07, 6.45) is 3.94. The molecule has 6 heterocycles. The van der Waals surface area contributed by atoms with Crippen molar-refractivity contribution in [1.29, 1.82) is 0 Å². The van der Waals surface area contributed by atoms with E-state index in [0.29, 0.717) is 11.4 Å². The van der Waals surface area contributed by atoms with E-state index in [4.69, 9.17) is 18.8 Å². The first-order valence-corrected chi connectivity index (χ1v) is 18.1. The summed E-state index contributed by atoms with van der Waals surface area (Å²) >= 11 is 0. The highest BCUT2D eigenvalue weighted by molar-refractivity contribution is 6.09. The molecule has 10 rings (SSSR count). The third kappa shape index (κ3) is 5.26. The molecule has 0 saturated heterocycles. The lowest BCUT2D eigenvalue weighted by Crippen LogP contribution is -1.94. The number of nitrogens with zero attached hydrogens (tertiary/aromatic N) is 4. The normalized spacial score (nSPS) is 11.7. The topological polar surface area (TPSA) is 77.8 Å². The minimum absolute atomic E-state index is 0.644. The van der Waals surface area contributed by atoms with E-state index < -0.39 is 0 Å². The summed E-state index contributed by atoms with van der Waals surface area (Å²) in [4.78, 5) is 19.3. The van der Waals surface area contributed by atoms with Crippen molar-refractivity contribution in [2.24, 2.45) is 0 Å². The largest absolute Gasteiger partial charge is 0.437 e. The number of aryl methyl sites for hydroxylation is 4. The van der Waals surface area contributed by atoms with Gasteiger partial charge in [0.25, 0.3) is 0 Å². The molecule has 6 heteroatoms. The Morgan fingerprint density at radius 2 is 0.870 bits per heavy atom. The monoisotopic (exact) mass is 698 g/mol. The van der Waals surface area contributed by atoms with Gasteiger partial charge in [-0.2, -0.15) is 0 Å². The average molecular weight is 699 g/mol. The molecule has 4 aromatic carbocycles. The first kappa shape index (κ1) is 31.8. The van der Waals surface area contributed by atoms with E-state index >= 15 is 0 Å². The highest BCUT2D eigenvalue weighted by Gasteiger charge is 2.19. The molecule has 0 aliphatic heterocycles. The Morgan fingerprint density at radius 1 is 0.407 bits per heavy atom. The van der Waals surface area contributed by atoms with Gasteiger partial charge in [-0.15, -0.1) is 0 Å². The lowest BCUT2D eigenvalue weighted by molar-refractivity contribution is 0.653. The van der Waals surface area contributed by atoms with Crippen LogP contribution in [0.25, 0.3) is 100 Å². The SMILES string of the molecule is Cc1cc(C)cc(-c2c(-c3ccc(-c4cccc5c4oc4nc(C)ccc45)nc3)cccc2-c2ccc(-c3cccc4c3oc3nc(C)ccc34)nc2)c1. The minimum Gasteiger partial charge on any atom is -0.437 e. The third-order valence-electron chi connectivity index (χ3n) is 10.3. The van der Waals surface area contributed by atoms with E-state index in [1.54, 1.807) is 0 Å². The van der Waals surface area contributed by atoms with Gasteiger partial charge in [-0.25, -0.2) is 9.97 Å². The molecule has 6 aromatic heterocycles. The van der Waals surface area contributed by atoms with E-state index in [1.807, 2.05) is 38.4 Å². The maximum atomic E-state index is 6.31. The summed E-state index contributed by atoms with van der Waals surface area (Å²) < 4.78 is 12.6. The molecule has 0 bridgehead atoms. The zero-order chi connectivity index (χ0) is 36.5. The van der Waals surface area contributed by atoms with Crippen molar-refractivity contribution in [3.05, 3.63) is 156 Å². The second-order valence-corrected chi connectivity index (χ2v) is 14.1. The number of pyridine rings is 4. The summed E-state index contributed by atoms with van der Waals surface area (Å²) in [5.41, 5.74) is 17.2. The predicted molar refractivity (Wildman–Crippen MR) is 218 cm³/mol. The van der Waals surface area contributed by atoms with Crippen molar-refractivity contribution >= 4 is 44.1 Å². The number of benzene rings is 4. The summed E-state index contributed by atoms with van der Waals surface area (Å²) in [5.74, 6) is 0. The number of rotatable bonds is 5. The Bertz CT molecular complexity index is 2880. The van der Waals surface area contributed by atoms with Gasteiger partial charge >= 0.3 is 0 Å². The van der Waals surface area contributed by atoms with Gasteiger partial charge in [-0.3, -0.25) is 9.97 Å². The molecule has 0 amide bonds. The van der Waals surface area contributed by atoms with Crippen molar-refractivity contribution in [1.82, 2.24) is 19.9 Å². The molecule has 0 aliphatic carbocycles. The first-order chi connectivity index (χ1) is 26.4. The summed E-state index contributed by atoms with van der Waals surface area (Å²) in [6.45, 7) is 8.25. The predicted octanol–water partition coefficient (Wildman–Crippen LogP) is 12.6. The standard InChI is InChI=1S/C48H34N4O2/c1-27-22-28(2)24-33(23-27)44-34(31-16-20-42(49-25-31)40-12-6-10-36-38-18-14-29(3)51-47(38)53-45(36)40)8-5-9-35(44)32-17-21-43(50-26-32)41-13-7-11-37-39-19-15-30(4)52-48(39)54-46(37)41/h5-26H,1-4H3. The number of para-hydroxylation sites is 2. The maximum absolute atomic E-state index is 6.31. The number of hydrogen-bond acceptors (Lipinski definition) is 6. The van der Waals surface area contributed by atoms with Gasteiger partial charge in [0.2, 0.25) is 11.4 Å². The van der Waals surface area contributed by atoms with Gasteiger partial charge in [0, 0.05) is 67.6 Å². The second kappa shape index (κ2) is 12.3. The number of furan rings is 2. The Morgan fingerprint density at radius 3 is 1.33 bits per heavy atom. The molecule has 0 spiro atoms. The van der Waals surface area contributed by atoms with Crippen LogP contribution in [0.5, 0.6) is 0 Å². The van der Waals surface area contributed by atoms with Crippen LogP contribution in [-0.4, -0.2) is 19.9 Å². The summed E-state index contributed by atoms with van der Waals surface area (Å²) in [5, 5.41) is 4.08. The Hall–Kier alpha value is -6.92. The van der Waals surface area contributed by atoms with E-state index in [9.17, 15) is 0 Å². The molecular weight excluding hydrogens is 665 g/mol. The molecule has 10 aromatic rings. The zero-order valence-electron chi connectivity index (χ0n) is 30.3. The van der Waals surface area contributed by atoms with E-state index in [1.165, 1.54) is 11.1 Å².